The SMILES string of the molecule is CC1CCC(C(C)(O)CC2CCCCN2)CC1. The Bertz CT molecular complexity index is 225. The molecular formula is C15H29NO. The molecule has 2 aliphatic rings. The summed E-state index contributed by atoms with van der Waals surface area (Å²) >= 11 is 0. The first-order chi connectivity index (χ1) is 8.08. The Kier molecular flexibility index (Phi) is 4.48. The molecule has 1 saturated heterocycles. The van der Waals surface area contributed by atoms with Gasteiger partial charge in [0.1, 0.15) is 0 Å². The van der Waals surface area contributed by atoms with E-state index in [0.717, 1.165) is 18.9 Å². The maximum Gasteiger partial charge on any atom is 0.0662 e. The number of aliphatic hydroxyl groups is 1. The summed E-state index contributed by atoms with van der Waals surface area (Å²) in [5.74, 6) is 1.40. The molecule has 2 nitrogen and oxygen atoms in total. The summed E-state index contributed by atoms with van der Waals surface area (Å²) in [6.07, 6.45) is 9.89. The highest BCUT2D eigenvalue weighted by Gasteiger charge is 2.36. The first kappa shape index (κ1) is 13.4. The molecule has 1 aliphatic heterocycles. The van der Waals surface area contributed by atoms with Crippen LogP contribution < -0.4 is 5.32 Å². The minimum Gasteiger partial charge on any atom is -0.390 e. The van der Waals surface area contributed by atoms with Gasteiger partial charge in [0.05, 0.1) is 5.60 Å². The minimum absolute atomic E-state index is 0.449. The van der Waals surface area contributed by atoms with Gasteiger partial charge in [-0.05, 0) is 57.4 Å². The first-order valence-electron chi connectivity index (χ1n) is 7.53. The zero-order valence-corrected chi connectivity index (χ0v) is 11.5. The lowest BCUT2D eigenvalue weighted by molar-refractivity contribution is -0.0371. The number of hydrogen-bond donors (Lipinski definition) is 2. The third-order valence-electron chi connectivity index (χ3n) is 4.97. The van der Waals surface area contributed by atoms with Crippen LogP contribution in [0.3, 0.4) is 0 Å². The molecule has 2 fully saturated rings. The van der Waals surface area contributed by atoms with Gasteiger partial charge in [-0.1, -0.05) is 26.2 Å². The molecule has 0 radical (unpaired) electrons. The van der Waals surface area contributed by atoms with Crippen molar-refractivity contribution in [1.82, 2.24) is 5.32 Å². The minimum atomic E-state index is -0.449. The Labute approximate surface area is 106 Å². The fourth-order valence-corrected chi connectivity index (χ4v) is 3.65. The maximum absolute atomic E-state index is 10.7. The molecule has 2 unspecified atom stereocenters. The molecule has 0 aromatic rings. The Morgan fingerprint density at radius 1 is 1.12 bits per heavy atom. The van der Waals surface area contributed by atoms with Crippen molar-refractivity contribution in [3.8, 4) is 0 Å². The van der Waals surface area contributed by atoms with Crippen LogP contribution >= 0.6 is 0 Å². The van der Waals surface area contributed by atoms with Gasteiger partial charge in [0.2, 0.25) is 0 Å². The van der Waals surface area contributed by atoms with E-state index in [1.165, 1.54) is 44.9 Å². The van der Waals surface area contributed by atoms with Crippen LogP contribution in [-0.2, 0) is 0 Å². The summed E-state index contributed by atoms with van der Waals surface area (Å²) < 4.78 is 0. The second kappa shape index (κ2) is 5.71. The summed E-state index contributed by atoms with van der Waals surface area (Å²) in [7, 11) is 0. The van der Waals surface area contributed by atoms with Gasteiger partial charge in [0.25, 0.3) is 0 Å². The molecule has 2 atom stereocenters. The van der Waals surface area contributed by atoms with Crippen LogP contribution in [0.4, 0.5) is 0 Å². The molecular weight excluding hydrogens is 210 g/mol. The lowest BCUT2D eigenvalue weighted by Crippen LogP contribution is -2.45. The summed E-state index contributed by atoms with van der Waals surface area (Å²) in [5, 5.41) is 14.3. The van der Waals surface area contributed by atoms with Gasteiger partial charge in [-0.15, -0.1) is 0 Å². The summed E-state index contributed by atoms with van der Waals surface area (Å²) in [6.45, 7) is 5.56. The van der Waals surface area contributed by atoms with E-state index in [1.807, 2.05) is 0 Å². The van der Waals surface area contributed by atoms with E-state index >= 15 is 0 Å². The van der Waals surface area contributed by atoms with Crippen molar-refractivity contribution in [3.63, 3.8) is 0 Å². The topological polar surface area (TPSA) is 32.3 Å². The maximum atomic E-state index is 10.7. The van der Waals surface area contributed by atoms with Crippen LogP contribution in [0.25, 0.3) is 0 Å². The Morgan fingerprint density at radius 3 is 2.41 bits per heavy atom. The lowest BCUT2D eigenvalue weighted by Gasteiger charge is -2.40. The molecule has 0 amide bonds. The van der Waals surface area contributed by atoms with Gasteiger partial charge in [-0.25, -0.2) is 0 Å². The van der Waals surface area contributed by atoms with Crippen LogP contribution in [-0.4, -0.2) is 23.3 Å². The quantitative estimate of drug-likeness (QED) is 0.793. The van der Waals surface area contributed by atoms with Crippen LogP contribution in [0.15, 0.2) is 0 Å². The van der Waals surface area contributed by atoms with Crippen molar-refractivity contribution in [3.05, 3.63) is 0 Å². The van der Waals surface area contributed by atoms with Gasteiger partial charge in [-0.2, -0.15) is 0 Å². The molecule has 0 aromatic heterocycles. The predicted molar refractivity (Wildman–Crippen MR) is 72.0 cm³/mol. The Morgan fingerprint density at radius 2 is 1.82 bits per heavy atom. The van der Waals surface area contributed by atoms with Crippen LogP contribution in [0, 0.1) is 11.8 Å². The Hall–Kier alpha value is -0.0800. The second-order valence-electron chi connectivity index (χ2n) is 6.66. The van der Waals surface area contributed by atoms with Gasteiger partial charge in [0.15, 0.2) is 0 Å². The smallest absolute Gasteiger partial charge is 0.0662 e. The average molecular weight is 239 g/mol. The number of piperidine rings is 1. The van der Waals surface area contributed by atoms with Crippen molar-refractivity contribution in [2.24, 2.45) is 11.8 Å². The number of hydrogen-bond acceptors (Lipinski definition) is 2. The summed E-state index contributed by atoms with van der Waals surface area (Å²) in [4.78, 5) is 0. The Balaban J connectivity index is 1.84. The summed E-state index contributed by atoms with van der Waals surface area (Å²) in [5.41, 5.74) is -0.449. The molecule has 0 aromatic carbocycles. The van der Waals surface area contributed by atoms with E-state index in [1.54, 1.807) is 0 Å². The molecule has 17 heavy (non-hydrogen) atoms. The number of rotatable bonds is 3. The van der Waals surface area contributed by atoms with Crippen molar-refractivity contribution in [1.29, 1.82) is 0 Å². The van der Waals surface area contributed by atoms with Crippen molar-refractivity contribution < 1.29 is 5.11 Å². The van der Waals surface area contributed by atoms with Crippen LogP contribution in [0.1, 0.15) is 65.2 Å². The molecule has 0 spiro atoms. The monoisotopic (exact) mass is 239 g/mol. The van der Waals surface area contributed by atoms with Crippen molar-refractivity contribution >= 4 is 0 Å². The van der Waals surface area contributed by atoms with Gasteiger partial charge in [-0.3, -0.25) is 0 Å². The molecule has 1 saturated carbocycles. The highest BCUT2D eigenvalue weighted by Crippen LogP contribution is 2.38. The van der Waals surface area contributed by atoms with E-state index in [-0.39, 0.29) is 0 Å². The fourth-order valence-electron chi connectivity index (χ4n) is 3.65. The van der Waals surface area contributed by atoms with Crippen molar-refractivity contribution in [2.45, 2.75) is 76.9 Å². The molecule has 2 N–H and O–H groups in total. The molecule has 0 bridgehead atoms. The van der Waals surface area contributed by atoms with Crippen LogP contribution in [0.2, 0.25) is 0 Å². The normalized spacial score (nSPS) is 38.6. The molecule has 2 rings (SSSR count). The fraction of sp³-hybridized carbons (Fsp3) is 1.00. The first-order valence-corrected chi connectivity index (χ1v) is 7.53. The lowest BCUT2D eigenvalue weighted by atomic mass is 9.72. The zero-order chi connectivity index (χ0) is 12.3. The predicted octanol–water partition coefficient (Wildman–Crippen LogP) is 3.10. The molecule has 1 heterocycles. The van der Waals surface area contributed by atoms with Gasteiger partial charge >= 0.3 is 0 Å². The van der Waals surface area contributed by atoms with E-state index in [9.17, 15) is 5.11 Å². The standard InChI is InChI=1S/C15H29NO/c1-12-6-8-13(9-7-12)15(2,17)11-14-5-3-4-10-16-14/h12-14,16-17H,3-11H2,1-2H3. The van der Waals surface area contributed by atoms with Gasteiger partial charge < -0.3 is 10.4 Å². The third kappa shape index (κ3) is 3.69. The van der Waals surface area contributed by atoms with Crippen LogP contribution in [0.5, 0.6) is 0 Å². The van der Waals surface area contributed by atoms with E-state index in [2.05, 4.69) is 19.2 Å². The van der Waals surface area contributed by atoms with E-state index < -0.39 is 5.60 Å². The average Bonchev–Trinajstić information content (AvgIpc) is 2.30. The second-order valence-corrected chi connectivity index (χ2v) is 6.66. The third-order valence-corrected chi connectivity index (χ3v) is 4.97. The largest absolute Gasteiger partial charge is 0.390 e. The number of nitrogens with one attached hydrogen (secondary N) is 1. The highest BCUT2D eigenvalue weighted by atomic mass is 16.3. The van der Waals surface area contributed by atoms with Crippen molar-refractivity contribution in [2.75, 3.05) is 6.54 Å². The van der Waals surface area contributed by atoms with E-state index in [0.29, 0.717) is 12.0 Å². The molecule has 1 aliphatic carbocycles. The summed E-state index contributed by atoms with van der Waals surface area (Å²) in [6, 6.07) is 0.554. The molecule has 100 valence electrons. The van der Waals surface area contributed by atoms with Gasteiger partial charge in [0, 0.05) is 6.04 Å². The zero-order valence-electron chi connectivity index (χ0n) is 11.5. The highest BCUT2D eigenvalue weighted by molar-refractivity contribution is 4.90. The molecule has 2 heteroatoms. The van der Waals surface area contributed by atoms with E-state index in [4.69, 9.17) is 0 Å².